The minimum Gasteiger partial charge on any atom is -0.388 e. The van der Waals surface area contributed by atoms with Gasteiger partial charge in [-0.2, -0.15) is 0 Å². The van der Waals surface area contributed by atoms with Gasteiger partial charge in [-0.25, -0.2) is 0 Å². The molecule has 0 aliphatic rings. The monoisotopic (exact) mass is 180 g/mol. The van der Waals surface area contributed by atoms with Gasteiger partial charge in [0.1, 0.15) is 0 Å². The molecular formula is C11H16O2. The summed E-state index contributed by atoms with van der Waals surface area (Å²) in [6, 6.07) is 9.65. The maximum Gasteiger partial charge on any atom is 0.0837 e. The van der Waals surface area contributed by atoms with Crippen LogP contribution in [0.15, 0.2) is 30.3 Å². The minimum atomic E-state index is -0.429. The molecule has 0 aromatic heterocycles. The highest BCUT2D eigenvalue weighted by atomic mass is 16.5. The normalized spacial score (nSPS) is 15.3. The average Bonchev–Trinajstić information content (AvgIpc) is 2.18. The first kappa shape index (κ1) is 10.2. The summed E-state index contributed by atoms with van der Waals surface area (Å²) in [6.45, 7) is 2.55. The van der Waals surface area contributed by atoms with E-state index in [-0.39, 0.29) is 5.92 Å². The standard InChI is InChI=1S/C11H16O2/c1-9(8-13-2)11(12)10-6-4-3-5-7-10/h3-7,9,11-12H,8H2,1-2H3/t9-,11+/m0/s1. The smallest absolute Gasteiger partial charge is 0.0837 e. The first-order chi connectivity index (χ1) is 6.25. The lowest BCUT2D eigenvalue weighted by Crippen LogP contribution is -2.14. The summed E-state index contributed by atoms with van der Waals surface area (Å²) in [6.07, 6.45) is -0.429. The Morgan fingerprint density at radius 3 is 2.46 bits per heavy atom. The van der Waals surface area contributed by atoms with Crippen LogP contribution in [0.1, 0.15) is 18.6 Å². The molecular weight excluding hydrogens is 164 g/mol. The summed E-state index contributed by atoms with van der Waals surface area (Å²) in [5.74, 6) is 0.132. The van der Waals surface area contributed by atoms with Gasteiger partial charge < -0.3 is 9.84 Å². The summed E-state index contributed by atoms with van der Waals surface area (Å²) in [5.41, 5.74) is 0.951. The topological polar surface area (TPSA) is 29.5 Å². The predicted octanol–water partition coefficient (Wildman–Crippen LogP) is 2.00. The van der Waals surface area contributed by atoms with Gasteiger partial charge in [-0.05, 0) is 5.56 Å². The number of methoxy groups -OCH3 is 1. The van der Waals surface area contributed by atoms with Crippen molar-refractivity contribution in [1.82, 2.24) is 0 Å². The average molecular weight is 180 g/mol. The lowest BCUT2D eigenvalue weighted by atomic mass is 9.98. The largest absolute Gasteiger partial charge is 0.388 e. The number of benzene rings is 1. The van der Waals surface area contributed by atoms with E-state index >= 15 is 0 Å². The molecule has 2 atom stereocenters. The number of hydrogen-bond donors (Lipinski definition) is 1. The molecule has 72 valence electrons. The van der Waals surface area contributed by atoms with Gasteiger partial charge in [0.15, 0.2) is 0 Å². The number of aliphatic hydroxyl groups is 1. The van der Waals surface area contributed by atoms with Crippen molar-refractivity contribution >= 4 is 0 Å². The zero-order valence-corrected chi connectivity index (χ0v) is 8.10. The maximum atomic E-state index is 9.84. The second-order valence-corrected chi connectivity index (χ2v) is 3.29. The quantitative estimate of drug-likeness (QED) is 0.768. The van der Waals surface area contributed by atoms with Crippen molar-refractivity contribution in [3.05, 3.63) is 35.9 Å². The van der Waals surface area contributed by atoms with Crippen molar-refractivity contribution in [2.24, 2.45) is 5.92 Å². The SMILES string of the molecule is COC[C@H](C)[C@@H](O)c1ccccc1. The third-order valence-electron chi connectivity index (χ3n) is 2.11. The van der Waals surface area contributed by atoms with E-state index in [1.54, 1.807) is 7.11 Å². The molecule has 0 unspecified atom stereocenters. The Hall–Kier alpha value is -0.860. The molecule has 0 radical (unpaired) electrons. The van der Waals surface area contributed by atoms with Crippen LogP contribution in [0.4, 0.5) is 0 Å². The van der Waals surface area contributed by atoms with Gasteiger partial charge in [0, 0.05) is 13.0 Å². The summed E-state index contributed by atoms with van der Waals surface area (Å²) >= 11 is 0. The van der Waals surface area contributed by atoms with Gasteiger partial charge in [-0.1, -0.05) is 37.3 Å². The van der Waals surface area contributed by atoms with Gasteiger partial charge in [0.2, 0.25) is 0 Å². The molecule has 0 bridgehead atoms. The molecule has 0 aliphatic heterocycles. The molecule has 0 saturated carbocycles. The molecule has 1 N–H and O–H groups in total. The number of rotatable bonds is 4. The summed E-state index contributed by atoms with van der Waals surface area (Å²) in [4.78, 5) is 0. The first-order valence-corrected chi connectivity index (χ1v) is 4.47. The second kappa shape index (κ2) is 5.00. The zero-order chi connectivity index (χ0) is 9.68. The van der Waals surface area contributed by atoms with Gasteiger partial charge in [-0.15, -0.1) is 0 Å². The fourth-order valence-electron chi connectivity index (χ4n) is 1.33. The van der Waals surface area contributed by atoms with E-state index in [1.165, 1.54) is 0 Å². The summed E-state index contributed by atoms with van der Waals surface area (Å²) in [5, 5.41) is 9.84. The molecule has 0 fully saturated rings. The van der Waals surface area contributed by atoms with Crippen molar-refractivity contribution in [3.8, 4) is 0 Å². The molecule has 0 saturated heterocycles. The molecule has 2 heteroatoms. The van der Waals surface area contributed by atoms with Crippen molar-refractivity contribution in [2.75, 3.05) is 13.7 Å². The Labute approximate surface area is 79.2 Å². The lowest BCUT2D eigenvalue weighted by molar-refractivity contribution is 0.0567. The van der Waals surface area contributed by atoms with Crippen LogP contribution in [0.25, 0.3) is 0 Å². The van der Waals surface area contributed by atoms with Crippen LogP contribution in [0, 0.1) is 5.92 Å². The first-order valence-electron chi connectivity index (χ1n) is 4.47. The Morgan fingerprint density at radius 1 is 1.31 bits per heavy atom. The molecule has 2 nitrogen and oxygen atoms in total. The minimum absolute atomic E-state index is 0.132. The van der Waals surface area contributed by atoms with E-state index in [9.17, 15) is 5.11 Å². The molecule has 0 spiro atoms. The van der Waals surface area contributed by atoms with Crippen LogP contribution in [0.3, 0.4) is 0 Å². The highest BCUT2D eigenvalue weighted by Crippen LogP contribution is 2.21. The highest BCUT2D eigenvalue weighted by Gasteiger charge is 2.15. The van der Waals surface area contributed by atoms with Crippen LogP contribution in [0.5, 0.6) is 0 Å². The van der Waals surface area contributed by atoms with Crippen LogP contribution in [-0.2, 0) is 4.74 Å². The third kappa shape index (κ3) is 2.83. The summed E-state index contributed by atoms with van der Waals surface area (Å²) in [7, 11) is 1.65. The Bertz CT molecular complexity index is 233. The van der Waals surface area contributed by atoms with E-state index in [0.717, 1.165) is 5.56 Å². The number of hydrogen-bond acceptors (Lipinski definition) is 2. The molecule has 1 rings (SSSR count). The molecule has 0 aliphatic carbocycles. The van der Waals surface area contributed by atoms with Gasteiger partial charge in [-0.3, -0.25) is 0 Å². The van der Waals surface area contributed by atoms with Gasteiger partial charge in [0.05, 0.1) is 12.7 Å². The Morgan fingerprint density at radius 2 is 1.92 bits per heavy atom. The zero-order valence-electron chi connectivity index (χ0n) is 8.10. The fourth-order valence-corrected chi connectivity index (χ4v) is 1.33. The van der Waals surface area contributed by atoms with E-state index in [0.29, 0.717) is 6.61 Å². The van der Waals surface area contributed by atoms with E-state index < -0.39 is 6.10 Å². The molecule has 1 aromatic rings. The molecule has 0 amide bonds. The lowest BCUT2D eigenvalue weighted by Gasteiger charge is -2.17. The Balaban J connectivity index is 2.62. The van der Waals surface area contributed by atoms with Crippen molar-refractivity contribution in [2.45, 2.75) is 13.0 Å². The van der Waals surface area contributed by atoms with Crippen LogP contribution < -0.4 is 0 Å². The second-order valence-electron chi connectivity index (χ2n) is 3.29. The highest BCUT2D eigenvalue weighted by molar-refractivity contribution is 5.17. The molecule has 13 heavy (non-hydrogen) atoms. The molecule has 1 aromatic carbocycles. The molecule has 0 heterocycles. The van der Waals surface area contributed by atoms with E-state index in [2.05, 4.69) is 0 Å². The van der Waals surface area contributed by atoms with Gasteiger partial charge >= 0.3 is 0 Å². The predicted molar refractivity (Wildman–Crippen MR) is 52.4 cm³/mol. The Kier molecular flexibility index (Phi) is 3.93. The van der Waals surface area contributed by atoms with Crippen molar-refractivity contribution < 1.29 is 9.84 Å². The van der Waals surface area contributed by atoms with Crippen LogP contribution in [0.2, 0.25) is 0 Å². The van der Waals surface area contributed by atoms with Gasteiger partial charge in [0.25, 0.3) is 0 Å². The number of aliphatic hydroxyl groups excluding tert-OH is 1. The maximum absolute atomic E-state index is 9.84. The van der Waals surface area contributed by atoms with E-state index in [4.69, 9.17) is 4.74 Å². The van der Waals surface area contributed by atoms with Crippen molar-refractivity contribution in [1.29, 1.82) is 0 Å². The van der Waals surface area contributed by atoms with Crippen LogP contribution >= 0.6 is 0 Å². The fraction of sp³-hybridized carbons (Fsp3) is 0.455. The van der Waals surface area contributed by atoms with Crippen molar-refractivity contribution in [3.63, 3.8) is 0 Å². The number of ether oxygens (including phenoxy) is 1. The van der Waals surface area contributed by atoms with Crippen LogP contribution in [-0.4, -0.2) is 18.8 Å². The van der Waals surface area contributed by atoms with E-state index in [1.807, 2.05) is 37.3 Å². The summed E-state index contributed by atoms with van der Waals surface area (Å²) < 4.78 is 4.99. The third-order valence-corrected chi connectivity index (χ3v) is 2.11.